The molecule has 4 heterocycles. The number of morpholine rings is 1. The van der Waals surface area contributed by atoms with E-state index in [1.165, 1.54) is 10.9 Å². The van der Waals surface area contributed by atoms with E-state index in [1.54, 1.807) is 41.4 Å². The number of H-pyrrole nitrogens is 1. The topological polar surface area (TPSA) is 128 Å². The molecule has 0 atom stereocenters. The Kier molecular flexibility index (Phi) is 6.29. The molecule has 10 nitrogen and oxygen atoms in total. The van der Waals surface area contributed by atoms with Gasteiger partial charge in [-0.1, -0.05) is 6.07 Å². The van der Waals surface area contributed by atoms with Crippen LogP contribution in [0.4, 0.5) is 5.82 Å². The van der Waals surface area contributed by atoms with Crippen LogP contribution in [0, 0.1) is 6.92 Å². The minimum atomic E-state index is -0.288. The quantitative estimate of drug-likeness (QED) is 0.321. The minimum absolute atomic E-state index is 0.0494. The third-order valence-corrected chi connectivity index (χ3v) is 6.72. The van der Waals surface area contributed by atoms with E-state index >= 15 is 0 Å². The first kappa shape index (κ1) is 24.4. The Bertz CT molecular complexity index is 1690. The van der Waals surface area contributed by atoms with Crippen LogP contribution in [0.15, 0.2) is 73.1 Å². The highest BCUT2D eigenvalue weighted by Crippen LogP contribution is 2.28. The van der Waals surface area contributed by atoms with Gasteiger partial charge in [0.25, 0.3) is 5.91 Å². The standard InChI is InChI=1S/C29H26N6O4/c1-18-14-21(39-26-4-2-3-9-31-26)6-8-25(18)35-28(30)22(17-32-35)27(36)24-16-20-15-19(5-7-23(20)33-24)29(37)34-10-12-38-13-11-34/h2-9,14-17,33H,10-13,30H2,1H3. The van der Waals surface area contributed by atoms with Gasteiger partial charge in [0.05, 0.1) is 36.4 Å². The van der Waals surface area contributed by atoms with Crippen LogP contribution >= 0.6 is 0 Å². The fourth-order valence-corrected chi connectivity index (χ4v) is 4.66. The van der Waals surface area contributed by atoms with E-state index in [1.807, 2.05) is 37.3 Å². The average Bonchev–Trinajstić information content (AvgIpc) is 3.56. The zero-order chi connectivity index (χ0) is 26.9. The van der Waals surface area contributed by atoms with Crippen LogP contribution in [0.25, 0.3) is 16.6 Å². The lowest BCUT2D eigenvalue weighted by Crippen LogP contribution is -2.40. The zero-order valence-corrected chi connectivity index (χ0v) is 21.3. The number of amides is 1. The second-order valence-corrected chi connectivity index (χ2v) is 9.29. The lowest BCUT2D eigenvalue weighted by Gasteiger charge is -2.26. The van der Waals surface area contributed by atoms with Crippen LogP contribution in [-0.4, -0.2) is 62.6 Å². The molecule has 1 fully saturated rings. The highest BCUT2D eigenvalue weighted by atomic mass is 16.5. The molecule has 1 saturated heterocycles. The molecule has 1 amide bonds. The number of carbonyl (C=O) groups excluding carboxylic acids is 2. The summed E-state index contributed by atoms with van der Waals surface area (Å²) in [5, 5.41) is 5.16. The van der Waals surface area contributed by atoms with Crippen molar-refractivity contribution < 1.29 is 19.1 Å². The Balaban J connectivity index is 1.24. The number of hydrogen-bond acceptors (Lipinski definition) is 7. The van der Waals surface area contributed by atoms with Gasteiger partial charge >= 0.3 is 0 Å². The van der Waals surface area contributed by atoms with E-state index in [-0.39, 0.29) is 23.1 Å². The molecule has 3 N–H and O–H groups in total. The van der Waals surface area contributed by atoms with E-state index in [0.29, 0.717) is 49.2 Å². The third-order valence-electron chi connectivity index (χ3n) is 6.72. The summed E-state index contributed by atoms with van der Waals surface area (Å²) in [4.78, 5) is 35.4. The van der Waals surface area contributed by atoms with Gasteiger partial charge in [-0.15, -0.1) is 0 Å². The Morgan fingerprint density at radius 1 is 1.05 bits per heavy atom. The van der Waals surface area contributed by atoms with Gasteiger partial charge in [0, 0.05) is 41.8 Å². The van der Waals surface area contributed by atoms with Crippen LogP contribution in [-0.2, 0) is 4.74 Å². The number of hydrogen-bond donors (Lipinski definition) is 2. The van der Waals surface area contributed by atoms with Crippen LogP contribution in [0.5, 0.6) is 11.6 Å². The molecular weight excluding hydrogens is 496 g/mol. The molecule has 0 radical (unpaired) electrons. The van der Waals surface area contributed by atoms with Gasteiger partial charge in [-0.3, -0.25) is 9.59 Å². The zero-order valence-electron chi connectivity index (χ0n) is 21.3. The summed E-state index contributed by atoms with van der Waals surface area (Å²) in [7, 11) is 0. The van der Waals surface area contributed by atoms with Crippen molar-refractivity contribution in [3.63, 3.8) is 0 Å². The second kappa shape index (κ2) is 10.1. The Labute approximate surface area is 224 Å². The lowest BCUT2D eigenvalue weighted by molar-refractivity contribution is 0.0303. The number of nitrogens with zero attached hydrogens (tertiary/aromatic N) is 4. The monoisotopic (exact) mass is 522 g/mol. The second-order valence-electron chi connectivity index (χ2n) is 9.29. The van der Waals surface area contributed by atoms with Crippen molar-refractivity contribution in [1.82, 2.24) is 24.6 Å². The SMILES string of the molecule is Cc1cc(Oc2ccccn2)ccc1-n1ncc(C(=O)c2cc3cc(C(=O)N4CCOCC4)ccc3[nH]2)c1N. The van der Waals surface area contributed by atoms with Crippen molar-refractivity contribution in [3.05, 3.63) is 95.4 Å². The van der Waals surface area contributed by atoms with Gasteiger partial charge in [-0.2, -0.15) is 5.10 Å². The summed E-state index contributed by atoms with van der Waals surface area (Å²) in [6.45, 7) is 4.12. The summed E-state index contributed by atoms with van der Waals surface area (Å²) >= 11 is 0. The van der Waals surface area contributed by atoms with Crippen molar-refractivity contribution in [3.8, 4) is 17.3 Å². The molecule has 0 bridgehead atoms. The van der Waals surface area contributed by atoms with Crippen molar-refractivity contribution in [2.24, 2.45) is 0 Å². The van der Waals surface area contributed by atoms with Gasteiger partial charge in [0.1, 0.15) is 11.6 Å². The van der Waals surface area contributed by atoms with Crippen LogP contribution in [0.2, 0.25) is 0 Å². The molecule has 0 unspecified atom stereocenters. The largest absolute Gasteiger partial charge is 0.439 e. The van der Waals surface area contributed by atoms with Gasteiger partial charge < -0.3 is 25.1 Å². The van der Waals surface area contributed by atoms with E-state index < -0.39 is 0 Å². The number of pyridine rings is 1. The van der Waals surface area contributed by atoms with Crippen LogP contribution < -0.4 is 10.5 Å². The first-order valence-corrected chi connectivity index (χ1v) is 12.6. The highest BCUT2D eigenvalue weighted by molar-refractivity contribution is 6.13. The molecule has 3 aromatic heterocycles. The number of carbonyl (C=O) groups is 2. The van der Waals surface area contributed by atoms with E-state index in [4.69, 9.17) is 15.2 Å². The molecule has 2 aromatic carbocycles. The summed E-state index contributed by atoms with van der Waals surface area (Å²) < 4.78 is 12.7. The number of nitrogen functional groups attached to an aromatic ring is 1. The number of aromatic amines is 1. The molecule has 1 aliphatic heterocycles. The molecule has 6 rings (SSSR count). The smallest absolute Gasteiger partial charge is 0.254 e. The predicted molar refractivity (Wildman–Crippen MR) is 145 cm³/mol. The number of benzene rings is 2. The Hall–Kier alpha value is -4.96. The number of rotatable bonds is 6. The van der Waals surface area contributed by atoms with Gasteiger partial charge in [-0.05, 0) is 61.0 Å². The first-order chi connectivity index (χ1) is 19.0. The molecule has 5 aromatic rings. The molecule has 0 saturated carbocycles. The van der Waals surface area contributed by atoms with Gasteiger partial charge in [0.2, 0.25) is 11.7 Å². The Morgan fingerprint density at radius 2 is 1.90 bits per heavy atom. The fraction of sp³-hybridized carbons (Fsp3) is 0.172. The summed E-state index contributed by atoms with van der Waals surface area (Å²) in [6.07, 6.45) is 3.13. The maximum absolute atomic E-state index is 13.4. The maximum Gasteiger partial charge on any atom is 0.254 e. The van der Waals surface area contributed by atoms with Gasteiger partial charge in [0.15, 0.2) is 0 Å². The van der Waals surface area contributed by atoms with Crippen LogP contribution in [0.1, 0.15) is 32.0 Å². The summed E-state index contributed by atoms with van der Waals surface area (Å²) in [5.74, 6) is 1.01. The number of ether oxygens (including phenoxy) is 2. The minimum Gasteiger partial charge on any atom is -0.439 e. The molecule has 39 heavy (non-hydrogen) atoms. The summed E-state index contributed by atoms with van der Waals surface area (Å²) in [5.41, 5.74) is 9.96. The highest BCUT2D eigenvalue weighted by Gasteiger charge is 2.22. The van der Waals surface area contributed by atoms with Crippen LogP contribution in [0.3, 0.4) is 0 Å². The molecule has 0 aliphatic carbocycles. The predicted octanol–water partition coefficient (Wildman–Crippen LogP) is 4.13. The number of nitrogens with two attached hydrogens (primary N) is 1. The van der Waals surface area contributed by atoms with E-state index in [9.17, 15) is 9.59 Å². The number of aromatic nitrogens is 4. The first-order valence-electron chi connectivity index (χ1n) is 12.6. The number of nitrogens with one attached hydrogen (secondary N) is 1. The summed E-state index contributed by atoms with van der Waals surface area (Å²) in [6, 6.07) is 18.1. The Morgan fingerprint density at radius 3 is 2.67 bits per heavy atom. The fourth-order valence-electron chi connectivity index (χ4n) is 4.66. The molecular formula is C29H26N6O4. The van der Waals surface area contributed by atoms with Crippen molar-refractivity contribution in [2.75, 3.05) is 32.0 Å². The molecule has 196 valence electrons. The molecule has 0 spiro atoms. The number of fused-ring (bicyclic) bond motifs is 1. The number of anilines is 1. The third kappa shape index (κ3) is 4.73. The van der Waals surface area contributed by atoms with Crippen molar-refractivity contribution in [2.45, 2.75) is 6.92 Å². The molecule has 10 heteroatoms. The lowest BCUT2D eigenvalue weighted by atomic mass is 10.1. The number of ketones is 1. The normalized spacial score (nSPS) is 13.5. The van der Waals surface area contributed by atoms with E-state index in [0.717, 1.165) is 22.2 Å². The van der Waals surface area contributed by atoms with Crippen molar-refractivity contribution in [1.29, 1.82) is 0 Å². The average molecular weight is 523 g/mol. The number of aryl methyl sites for hydroxylation is 1. The van der Waals surface area contributed by atoms with Crippen molar-refractivity contribution >= 4 is 28.4 Å². The molecule has 1 aliphatic rings. The van der Waals surface area contributed by atoms with Gasteiger partial charge in [-0.25, -0.2) is 9.67 Å². The maximum atomic E-state index is 13.4. The van der Waals surface area contributed by atoms with E-state index in [2.05, 4.69) is 15.1 Å².